The summed E-state index contributed by atoms with van der Waals surface area (Å²) in [5.41, 5.74) is 1.08. The van der Waals surface area contributed by atoms with E-state index in [1.54, 1.807) is 0 Å². The van der Waals surface area contributed by atoms with E-state index in [4.69, 9.17) is 0 Å². The van der Waals surface area contributed by atoms with Gasteiger partial charge in [0.15, 0.2) is 5.96 Å². The van der Waals surface area contributed by atoms with Crippen molar-refractivity contribution in [3.05, 3.63) is 41.5 Å². The van der Waals surface area contributed by atoms with Crippen molar-refractivity contribution in [2.24, 2.45) is 4.99 Å². The maximum absolute atomic E-state index is 13.3. The molecule has 1 aromatic heterocycles. The largest absolute Gasteiger partial charge is 0.354 e. The van der Waals surface area contributed by atoms with Crippen LogP contribution in [0.2, 0.25) is 0 Å². The SMILES string of the molecule is CCc1nsc(N2CCN(C(=NC)NCC(c3ccc(F)cc3)N(C)C)CC2)n1. The number of aryl methyl sites for hydroxylation is 1. The summed E-state index contributed by atoms with van der Waals surface area (Å²) in [7, 11) is 5.88. The molecule has 0 bridgehead atoms. The molecule has 0 aliphatic carbocycles. The quantitative estimate of drug-likeness (QED) is 0.572. The molecule has 1 N–H and O–H groups in total. The van der Waals surface area contributed by atoms with Gasteiger partial charge in [-0.15, -0.1) is 0 Å². The summed E-state index contributed by atoms with van der Waals surface area (Å²) in [6.45, 7) is 6.32. The minimum absolute atomic E-state index is 0.127. The van der Waals surface area contributed by atoms with Crippen molar-refractivity contribution >= 4 is 22.6 Å². The monoisotopic (exact) mass is 419 g/mol. The molecule has 1 aliphatic rings. The van der Waals surface area contributed by atoms with Crippen LogP contribution in [0.4, 0.5) is 9.52 Å². The van der Waals surface area contributed by atoms with Gasteiger partial charge in [0.05, 0.1) is 6.04 Å². The molecule has 0 amide bonds. The van der Waals surface area contributed by atoms with Crippen LogP contribution in [0.1, 0.15) is 24.4 Å². The number of nitrogens with zero attached hydrogens (tertiary/aromatic N) is 6. The van der Waals surface area contributed by atoms with Gasteiger partial charge in [-0.1, -0.05) is 19.1 Å². The van der Waals surface area contributed by atoms with Crippen LogP contribution in [-0.4, -0.2) is 79.0 Å². The van der Waals surface area contributed by atoms with E-state index in [9.17, 15) is 4.39 Å². The average molecular weight is 420 g/mol. The van der Waals surface area contributed by atoms with Gasteiger partial charge < -0.3 is 20.0 Å². The molecular weight excluding hydrogens is 389 g/mol. The maximum Gasteiger partial charge on any atom is 0.205 e. The van der Waals surface area contributed by atoms with Crippen molar-refractivity contribution in [2.75, 3.05) is 58.8 Å². The van der Waals surface area contributed by atoms with Crippen LogP contribution in [0.25, 0.3) is 0 Å². The van der Waals surface area contributed by atoms with Gasteiger partial charge >= 0.3 is 0 Å². The fourth-order valence-electron chi connectivity index (χ4n) is 3.43. The number of aliphatic imine (C=N–C) groups is 1. The Morgan fingerprint density at radius 2 is 1.93 bits per heavy atom. The zero-order chi connectivity index (χ0) is 20.8. The Morgan fingerprint density at radius 1 is 1.24 bits per heavy atom. The molecule has 158 valence electrons. The highest BCUT2D eigenvalue weighted by molar-refractivity contribution is 7.09. The third-order valence-electron chi connectivity index (χ3n) is 5.17. The Labute approximate surface area is 176 Å². The molecule has 3 rings (SSSR count). The molecule has 2 heterocycles. The third-order valence-corrected chi connectivity index (χ3v) is 5.98. The van der Waals surface area contributed by atoms with E-state index < -0.39 is 0 Å². The molecule has 1 fully saturated rings. The van der Waals surface area contributed by atoms with Gasteiger partial charge in [-0.3, -0.25) is 4.99 Å². The number of halogens is 1. The average Bonchev–Trinajstić information content (AvgIpc) is 3.22. The summed E-state index contributed by atoms with van der Waals surface area (Å²) in [5, 5.41) is 4.51. The summed E-state index contributed by atoms with van der Waals surface area (Å²) < 4.78 is 17.7. The first-order chi connectivity index (χ1) is 14.0. The lowest BCUT2D eigenvalue weighted by atomic mass is 10.1. The lowest BCUT2D eigenvalue weighted by Gasteiger charge is -2.37. The summed E-state index contributed by atoms with van der Waals surface area (Å²) in [4.78, 5) is 15.8. The molecule has 2 aromatic rings. The predicted molar refractivity (Wildman–Crippen MR) is 117 cm³/mol. The fourth-order valence-corrected chi connectivity index (χ4v) is 4.23. The van der Waals surface area contributed by atoms with Gasteiger partial charge in [-0.25, -0.2) is 9.37 Å². The maximum atomic E-state index is 13.3. The molecule has 0 spiro atoms. The van der Waals surface area contributed by atoms with E-state index in [0.29, 0.717) is 6.54 Å². The van der Waals surface area contributed by atoms with Gasteiger partial charge in [0.2, 0.25) is 5.13 Å². The number of benzene rings is 1. The first-order valence-corrected chi connectivity index (χ1v) is 10.7. The number of piperazine rings is 1. The number of aromatic nitrogens is 2. The number of nitrogens with one attached hydrogen (secondary N) is 1. The van der Waals surface area contributed by atoms with Crippen molar-refractivity contribution in [3.63, 3.8) is 0 Å². The topological polar surface area (TPSA) is 59.9 Å². The smallest absolute Gasteiger partial charge is 0.205 e. The second-order valence-corrected chi connectivity index (χ2v) is 8.01. The zero-order valence-electron chi connectivity index (χ0n) is 17.6. The van der Waals surface area contributed by atoms with Crippen LogP contribution in [0, 0.1) is 5.82 Å². The molecule has 29 heavy (non-hydrogen) atoms. The van der Waals surface area contributed by atoms with Crippen LogP contribution in [0.5, 0.6) is 0 Å². The lowest BCUT2D eigenvalue weighted by Crippen LogP contribution is -2.53. The molecule has 1 unspecified atom stereocenters. The van der Waals surface area contributed by atoms with E-state index in [2.05, 4.69) is 41.3 Å². The van der Waals surface area contributed by atoms with Gasteiger partial charge in [0.25, 0.3) is 0 Å². The second kappa shape index (κ2) is 9.98. The predicted octanol–water partition coefficient (Wildman–Crippen LogP) is 2.24. The molecular formula is C20H30FN7S. The highest BCUT2D eigenvalue weighted by atomic mass is 32.1. The van der Waals surface area contributed by atoms with Gasteiger partial charge in [-0.05, 0) is 31.8 Å². The van der Waals surface area contributed by atoms with Crippen LogP contribution < -0.4 is 10.2 Å². The van der Waals surface area contributed by atoms with Crippen LogP contribution >= 0.6 is 11.5 Å². The van der Waals surface area contributed by atoms with Crippen molar-refractivity contribution < 1.29 is 4.39 Å². The number of hydrogen-bond acceptors (Lipinski definition) is 6. The van der Waals surface area contributed by atoms with E-state index in [1.807, 2.05) is 33.3 Å². The van der Waals surface area contributed by atoms with Crippen molar-refractivity contribution in [1.82, 2.24) is 24.5 Å². The molecule has 1 saturated heterocycles. The van der Waals surface area contributed by atoms with E-state index in [1.165, 1.54) is 23.7 Å². The van der Waals surface area contributed by atoms with E-state index >= 15 is 0 Å². The van der Waals surface area contributed by atoms with Crippen LogP contribution in [0.3, 0.4) is 0 Å². The molecule has 1 aliphatic heterocycles. The Kier molecular flexibility index (Phi) is 7.38. The summed E-state index contributed by atoms with van der Waals surface area (Å²) in [5.74, 6) is 1.60. The van der Waals surface area contributed by atoms with Crippen molar-refractivity contribution in [1.29, 1.82) is 0 Å². The van der Waals surface area contributed by atoms with Gasteiger partial charge in [-0.2, -0.15) is 4.37 Å². The Morgan fingerprint density at radius 3 is 2.48 bits per heavy atom. The summed E-state index contributed by atoms with van der Waals surface area (Å²) in [6.07, 6.45) is 0.869. The fraction of sp³-hybridized carbons (Fsp3) is 0.550. The van der Waals surface area contributed by atoms with Crippen molar-refractivity contribution in [2.45, 2.75) is 19.4 Å². The molecule has 0 radical (unpaired) electrons. The normalized spacial score (nSPS) is 16.4. The van der Waals surface area contributed by atoms with E-state index in [-0.39, 0.29) is 11.9 Å². The minimum Gasteiger partial charge on any atom is -0.354 e. The highest BCUT2D eigenvalue weighted by Gasteiger charge is 2.23. The summed E-state index contributed by atoms with van der Waals surface area (Å²) >= 11 is 1.48. The number of anilines is 1. The Hall–Kier alpha value is -2.26. The standard InChI is InChI=1S/C20H30FN7S/c1-5-18-24-20(29-25-18)28-12-10-27(11-13-28)19(22-2)23-14-17(26(3)4)15-6-8-16(21)9-7-15/h6-9,17H,5,10-14H2,1-4H3,(H,22,23). The molecule has 1 atom stereocenters. The second-order valence-electron chi connectivity index (χ2n) is 7.28. The number of hydrogen-bond donors (Lipinski definition) is 1. The number of guanidine groups is 1. The molecule has 7 nitrogen and oxygen atoms in total. The van der Waals surface area contributed by atoms with Crippen LogP contribution in [0.15, 0.2) is 29.3 Å². The zero-order valence-corrected chi connectivity index (χ0v) is 18.4. The minimum atomic E-state index is -0.214. The lowest BCUT2D eigenvalue weighted by molar-refractivity contribution is 0.292. The Balaban J connectivity index is 1.56. The van der Waals surface area contributed by atoms with Crippen molar-refractivity contribution in [3.8, 4) is 0 Å². The van der Waals surface area contributed by atoms with Crippen LogP contribution in [-0.2, 0) is 6.42 Å². The number of likely N-dealkylation sites (N-methyl/N-ethyl adjacent to an activating group) is 1. The van der Waals surface area contributed by atoms with Gasteiger partial charge in [0, 0.05) is 57.7 Å². The number of rotatable bonds is 6. The first-order valence-electron chi connectivity index (χ1n) is 9.96. The first kappa shape index (κ1) is 21.4. The van der Waals surface area contributed by atoms with E-state index in [0.717, 1.165) is 55.1 Å². The highest BCUT2D eigenvalue weighted by Crippen LogP contribution is 2.20. The molecule has 0 saturated carbocycles. The molecule has 9 heteroatoms. The third kappa shape index (κ3) is 5.42. The van der Waals surface area contributed by atoms with Gasteiger partial charge in [0.1, 0.15) is 11.6 Å². The Bertz CT molecular complexity index is 797. The summed E-state index contributed by atoms with van der Waals surface area (Å²) in [6, 6.07) is 6.84. The molecule has 1 aromatic carbocycles.